The summed E-state index contributed by atoms with van der Waals surface area (Å²) in [5, 5.41) is 1.07. The van der Waals surface area contributed by atoms with Crippen molar-refractivity contribution in [3.63, 3.8) is 0 Å². The highest BCUT2D eigenvalue weighted by Crippen LogP contribution is 2.32. The predicted octanol–water partition coefficient (Wildman–Crippen LogP) is 2.98. The highest BCUT2D eigenvalue weighted by molar-refractivity contribution is 7.86. The number of rotatable bonds is 5. The van der Waals surface area contributed by atoms with Gasteiger partial charge in [0.2, 0.25) is 0 Å². The third-order valence-electron chi connectivity index (χ3n) is 4.41. The molecule has 1 aliphatic rings. The van der Waals surface area contributed by atoms with Crippen LogP contribution in [0.1, 0.15) is 55.2 Å². The van der Waals surface area contributed by atoms with Gasteiger partial charge in [0.25, 0.3) is 10.2 Å². The molecular formula is C15H27N3O2S2. The number of aromatic nitrogens is 1. The molecule has 1 fully saturated rings. The van der Waals surface area contributed by atoms with Crippen molar-refractivity contribution in [2.24, 2.45) is 5.92 Å². The largest absolute Gasteiger partial charge is 0.282 e. The van der Waals surface area contributed by atoms with E-state index in [1.54, 1.807) is 22.7 Å². The second-order valence-corrected chi connectivity index (χ2v) is 9.32. The van der Waals surface area contributed by atoms with Gasteiger partial charge < -0.3 is 0 Å². The molecule has 22 heavy (non-hydrogen) atoms. The van der Waals surface area contributed by atoms with Crippen LogP contribution in [0.4, 0.5) is 0 Å². The van der Waals surface area contributed by atoms with E-state index in [1.807, 2.05) is 13.8 Å². The minimum absolute atomic E-state index is 0.181. The van der Waals surface area contributed by atoms with Crippen LogP contribution in [-0.4, -0.2) is 42.1 Å². The summed E-state index contributed by atoms with van der Waals surface area (Å²) in [4.78, 5) is 5.57. The molecule has 0 aliphatic carbocycles. The molecular weight excluding hydrogens is 318 g/mol. The molecule has 2 atom stereocenters. The summed E-state index contributed by atoms with van der Waals surface area (Å²) in [7, 11) is -1.73. The first kappa shape index (κ1) is 17.8. The van der Waals surface area contributed by atoms with Gasteiger partial charge in [0.05, 0.1) is 16.7 Å². The Balaban J connectivity index is 2.21. The van der Waals surface area contributed by atoms with E-state index in [1.165, 1.54) is 4.31 Å². The second-order valence-electron chi connectivity index (χ2n) is 6.22. The third-order valence-corrected chi connectivity index (χ3v) is 7.91. The van der Waals surface area contributed by atoms with Crippen molar-refractivity contribution >= 4 is 21.5 Å². The van der Waals surface area contributed by atoms with E-state index in [0.29, 0.717) is 19.0 Å². The Kier molecular flexibility index (Phi) is 5.63. The molecule has 0 radical (unpaired) electrons. The van der Waals surface area contributed by atoms with Gasteiger partial charge in [-0.3, -0.25) is 0 Å². The maximum atomic E-state index is 12.9. The fourth-order valence-corrected chi connectivity index (χ4v) is 5.75. The summed E-state index contributed by atoms with van der Waals surface area (Å²) >= 11 is 1.62. The smallest absolute Gasteiger partial charge is 0.246 e. The lowest BCUT2D eigenvalue weighted by Gasteiger charge is -2.35. The summed E-state index contributed by atoms with van der Waals surface area (Å²) in [5.74, 6) is 0.434. The summed E-state index contributed by atoms with van der Waals surface area (Å²) in [5.41, 5.74) is 0.948. The average Bonchev–Trinajstić information content (AvgIpc) is 2.86. The Morgan fingerprint density at radius 3 is 2.73 bits per heavy atom. The Morgan fingerprint density at radius 2 is 2.18 bits per heavy atom. The topological polar surface area (TPSA) is 53.5 Å². The molecule has 7 heteroatoms. The number of piperidine rings is 1. The molecule has 0 unspecified atom stereocenters. The second kappa shape index (κ2) is 6.95. The number of nitrogens with zero attached hydrogens (tertiary/aromatic N) is 3. The molecule has 0 bridgehead atoms. The van der Waals surface area contributed by atoms with E-state index in [4.69, 9.17) is 0 Å². The lowest BCUT2D eigenvalue weighted by Crippen LogP contribution is -2.46. The van der Waals surface area contributed by atoms with Gasteiger partial charge in [-0.2, -0.15) is 17.0 Å². The van der Waals surface area contributed by atoms with Crippen LogP contribution in [0.25, 0.3) is 0 Å². The van der Waals surface area contributed by atoms with E-state index in [2.05, 4.69) is 18.8 Å². The first-order valence-corrected chi connectivity index (χ1v) is 10.2. The van der Waals surface area contributed by atoms with Crippen LogP contribution >= 0.6 is 11.3 Å². The summed E-state index contributed by atoms with van der Waals surface area (Å²) in [6, 6.07) is -0.181. The summed E-state index contributed by atoms with van der Waals surface area (Å²) < 4.78 is 28.9. The molecule has 2 heterocycles. The van der Waals surface area contributed by atoms with Crippen molar-refractivity contribution in [1.29, 1.82) is 0 Å². The minimum Gasteiger partial charge on any atom is -0.246 e. The van der Waals surface area contributed by atoms with Crippen molar-refractivity contribution in [3.05, 3.63) is 15.6 Å². The SMILES string of the molecule is CCc1nc(C)c([C@@H](C)N(C)S(=O)(=O)N2CCC[C@@H](C)C2)s1. The normalized spacial score (nSPS) is 22.2. The molecule has 0 saturated carbocycles. The predicted molar refractivity (Wildman–Crippen MR) is 91.3 cm³/mol. The highest BCUT2D eigenvalue weighted by Gasteiger charge is 2.34. The van der Waals surface area contributed by atoms with Crippen LogP contribution < -0.4 is 0 Å². The summed E-state index contributed by atoms with van der Waals surface area (Å²) in [6.07, 6.45) is 2.94. The molecule has 5 nitrogen and oxygen atoms in total. The van der Waals surface area contributed by atoms with Gasteiger partial charge >= 0.3 is 0 Å². The van der Waals surface area contributed by atoms with E-state index in [0.717, 1.165) is 34.8 Å². The Bertz CT molecular complexity index is 612. The summed E-state index contributed by atoms with van der Waals surface area (Å²) in [6.45, 7) is 9.36. The number of hydrogen-bond donors (Lipinski definition) is 0. The lowest BCUT2D eigenvalue weighted by atomic mass is 10.0. The van der Waals surface area contributed by atoms with Crippen LogP contribution in [-0.2, 0) is 16.6 Å². The quantitative estimate of drug-likeness (QED) is 0.824. The first-order valence-electron chi connectivity index (χ1n) is 7.96. The van der Waals surface area contributed by atoms with E-state index < -0.39 is 10.2 Å². The molecule has 0 spiro atoms. The van der Waals surface area contributed by atoms with Gasteiger partial charge in [0, 0.05) is 25.0 Å². The van der Waals surface area contributed by atoms with E-state index in [9.17, 15) is 8.42 Å². The van der Waals surface area contributed by atoms with Gasteiger partial charge in [-0.15, -0.1) is 11.3 Å². The van der Waals surface area contributed by atoms with Crippen LogP contribution in [0, 0.1) is 12.8 Å². The molecule has 0 amide bonds. The van der Waals surface area contributed by atoms with Crippen molar-refractivity contribution in [2.45, 2.75) is 53.0 Å². The van der Waals surface area contributed by atoms with Crippen molar-refractivity contribution in [1.82, 2.24) is 13.6 Å². The van der Waals surface area contributed by atoms with Gasteiger partial charge in [0.15, 0.2) is 0 Å². The maximum absolute atomic E-state index is 12.9. The van der Waals surface area contributed by atoms with Crippen LogP contribution in [0.15, 0.2) is 0 Å². The Labute approximate surface area is 138 Å². The van der Waals surface area contributed by atoms with Crippen LogP contribution in [0.5, 0.6) is 0 Å². The molecule has 1 aliphatic heterocycles. The molecule has 0 N–H and O–H groups in total. The minimum atomic E-state index is -3.41. The zero-order valence-electron chi connectivity index (χ0n) is 14.2. The standard InChI is InChI=1S/C15H27N3O2S2/c1-6-14-16-12(3)15(21-14)13(4)17(5)22(19,20)18-9-7-8-11(2)10-18/h11,13H,6-10H2,1-5H3/t11-,13-/m1/s1. The van der Waals surface area contributed by atoms with E-state index in [-0.39, 0.29) is 6.04 Å². The Morgan fingerprint density at radius 1 is 1.50 bits per heavy atom. The Hall–Kier alpha value is -0.500. The molecule has 0 aromatic carbocycles. The van der Waals surface area contributed by atoms with E-state index >= 15 is 0 Å². The first-order chi connectivity index (χ1) is 10.3. The molecule has 1 aromatic rings. The molecule has 2 rings (SSSR count). The maximum Gasteiger partial charge on any atom is 0.282 e. The monoisotopic (exact) mass is 345 g/mol. The fraction of sp³-hybridized carbons (Fsp3) is 0.800. The highest BCUT2D eigenvalue weighted by atomic mass is 32.2. The molecule has 126 valence electrons. The number of aryl methyl sites for hydroxylation is 2. The van der Waals surface area contributed by atoms with Crippen molar-refractivity contribution < 1.29 is 8.42 Å². The van der Waals surface area contributed by atoms with Gasteiger partial charge in [-0.25, -0.2) is 4.98 Å². The lowest BCUT2D eigenvalue weighted by molar-refractivity contribution is 0.255. The molecule has 1 saturated heterocycles. The number of thiazole rings is 1. The van der Waals surface area contributed by atoms with Crippen molar-refractivity contribution in [3.8, 4) is 0 Å². The van der Waals surface area contributed by atoms with Gasteiger partial charge in [-0.1, -0.05) is 13.8 Å². The number of hydrogen-bond acceptors (Lipinski definition) is 4. The zero-order chi connectivity index (χ0) is 16.5. The third kappa shape index (κ3) is 3.53. The van der Waals surface area contributed by atoms with Gasteiger partial charge in [-0.05, 0) is 39.0 Å². The van der Waals surface area contributed by atoms with Crippen molar-refractivity contribution in [2.75, 3.05) is 20.1 Å². The molecule has 1 aromatic heterocycles. The fourth-order valence-electron chi connectivity index (χ4n) is 2.91. The van der Waals surface area contributed by atoms with Crippen LogP contribution in [0.2, 0.25) is 0 Å². The van der Waals surface area contributed by atoms with Gasteiger partial charge in [0.1, 0.15) is 0 Å². The van der Waals surface area contributed by atoms with Crippen LogP contribution in [0.3, 0.4) is 0 Å². The zero-order valence-corrected chi connectivity index (χ0v) is 15.8. The average molecular weight is 346 g/mol.